The van der Waals surface area contributed by atoms with Gasteiger partial charge in [0.15, 0.2) is 5.82 Å². The van der Waals surface area contributed by atoms with Gasteiger partial charge < -0.3 is 0 Å². The van der Waals surface area contributed by atoms with Crippen molar-refractivity contribution in [2.24, 2.45) is 0 Å². The summed E-state index contributed by atoms with van der Waals surface area (Å²) in [5, 5.41) is 7.63. The zero-order valence-corrected chi connectivity index (χ0v) is 12.6. The highest BCUT2D eigenvalue weighted by Gasteiger charge is 2.23. The van der Waals surface area contributed by atoms with Crippen molar-refractivity contribution < 1.29 is 0 Å². The van der Waals surface area contributed by atoms with Gasteiger partial charge in [-0.15, -0.1) is 0 Å². The van der Waals surface area contributed by atoms with E-state index in [-0.39, 0.29) is 5.41 Å². The Balaban J connectivity index is 1.97. The molecule has 3 heteroatoms. The normalized spacial score (nSPS) is 16.8. The first kappa shape index (κ1) is 13.3. The van der Waals surface area contributed by atoms with Gasteiger partial charge in [0.2, 0.25) is 0 Å². The maximum absolute atomic E-state index is 4.77. The molecule has 1 aromatic carbocycles. The molecule has 0 atom stereocenters. The van der Waals surface area contributed by atoms with Crippen molar-refractivity contribution in [3.05, 3.63) is 35.7 Å². The van der Waals surface area contributed by atoms with E-state index in [1.165, 1.54) is 31.2 Å². The van der Waals surface area contributed by atoms with Crippen molar-refractivity contribution in [2.45, 2.75) is 57.8 Å². The fraction of sp³-hybridized carbons (Fsp3) is 0.529. The van der Waals surface area contributed by atoms with Crippen molar-refractivity contribution in [1.29, 1.82) is 0 Å². The highest BCUT2D eigenvalue weighted by atomic mass is 15.2. The molecular weight excluding hydrogens is 246 g/mol. The summed E-state index contributed by atoms with van der Waals surface area (Å²) in [4.78, 5) is 4.77. The molecule has 0 amide bonds. The average molecular weight is 269 g/mol. The average Bonchev–Trinajstić information content (AvgIpc) is 3.09. The Morgan fingerprint density at radius 2 is 1.80 bits per heavy atom. The van der Waals surface area contributed by atoms with Crippen LogP contribution >= 0.6 is 0 Å². The van der Waals surface area contributed by atoms with Crippen LogP contribution in [0, 0.1) is 0 Å². The summed E-state index contributed by atoms with van der Waals surface area (Å²) < 4.78 is 0. The number of H-pyrrole nitrogens is 1. The Labute approximate surface area is 120 Å². The number of benzene rings is 1. The second-order valence-electron chi connectivity index (χ2n) is 6.82. The van der Waals surface area contributed by atoms with Crippen LogP contribution in [0.15, 0.2) is 24.3 Å². The maximum Gasteiger partial charge on any atom is 0.181 e. The number of hydrogen-bond donors (Lipinski definition) is 1. The predicted molar refractivity (Wildman–Crippen MR) is 81.7 cm³/mol. The lowest BCUT2D eigenvalue weighted by atomic mass is 9.83. The van der Waals surface area contributed by atoms with Crippen LogP contribution in [0.2, 0.25) is 0 Å². The second kappa shape index (κ2) is 5.04. The number of aromatic amines is 1. The van der Waals surface area contributed by atoms with Crippen LogP contribution in [0.5, 0.6) is 0 Å². The van der Waals surface area contributed by atoms with Gasteiger partial charge in [-0.2, -0.15) is 5.10 Å². The zero-order valence-electron chi connectivity index (χ0n) is 12.6. The number of nitrogens with one attached hydrogen (secondary N) is 1. The van der Waals surface area contributed by atoms with E-state index in [1.54, 1.807) is 0 Å². The molecule has 106 valence electrons. The monoisotopic (exact) mass is 269 g/mol. The third-order valence-corrected chi connectivity index (χ3v) is 4.22. The summed E-state index contributed by atoms with van der Waals surface area (Å²) in [5.74, 6) is 2.50. The highest BCUT2D eigenvalue weighted by Crippen LogP contribution is 2.34. The molecule has 1 aliphatic rings. The molecular formula is C17H23N3. The Bertz CT molecular complexity index is 586. The fourth-order valence-electron chi connectivity index (χ4n) is 3.11. The summed E-state index contributed by atoms with van der Waals surface area (Å²) in [6.45, 7) is 6.70. The minimum Gasteiger partial charge on any atom is -0.262 e. The van der Waals surface area contributed by atoms with Gasteiger partial charge in [-0.05, 0) is 23.8 Å². The van der Waals surface area contributed by atoms with Crippen LogP contribution in [-0.4, -0.2) is 15.2 Å². The summed E-state index contributed by atoms with van der Waals surface area (Å²) in [6, 6.07) is 8.47. The smallest absolute Gasteiger partial charge is 0.181 e. The molecule has 0 unspecified atom stereocenters. The van der Waals surface area contributed by atoms with E-state index in [2.05, 4.69) is 55.2 Å². The van der Waals surface area contributed by atoms with Crippen molar-refractivity contribution in [1.82, 2.24) is 15.2 Å². The first-order valence-electron chi connectivity index (χ1n) is 7.58. The van der Waals surface area contributed by atoms with Gasteiger partial charge in [0.1, 0.15) is 5.82 Å². The highest BCUT2D eigenvalue weighted by molar-refractivity contribution is 5.61. The van der Waals surface area contributed by atoms with Crippen LogP contribution in [-0.2, 0) is 5.41 Å². The van der Waals surface area contributed by atoms with Crippen molar-refractivity contribution in [3.63, 3.8) is 0 Å². The molecule has 1 aromatic heterocycles. The fourth-order valence-corrected chi connectivity index (χ4v) is 3.11. The van der Waals surface area contributed by atoms with Gasteiger partial charge in [0.25, 0.3) is 0 Å². The standard InChI is InChI=1S/C17H23N3/c1-17(2,3)14-11-7-6-10-13(14)16-18-15(19-20-16)12-8-4-5-9-12/h6-7,10-12H,4-5,8-9H2,1-3H3,(H,18,19,20). The van der Waals surface area contributed by atoms with Gasteiger partial charge in [-0.3, -0.25) is 5.10 Å². The lowest BCUT2D eigenvalue weighted by molar-refractivity contribution is 0.591. The van der Waals surface area contributed by atoms with Crippen molar-refractivity contribution >= 4 is 0 Å². The van der Waals surface area contributed by atoms with E-state index in [9.17, 15) is 0 Å². The lowest BCUT2D eigenvalue weighted by Crippen LogP contribution is -2.12. The van der Waals surface area contributed by atoms with Crippen LogP contribution in [0.25, 0.3) is 11.4 Å². The molecule has 0 spiro atoms. The largest absolute Gasteiger partial charge is 0.262 e. The van der Waals surface area contributed by atoms with Gasteiger partial charge in [0.05, 0.1) is 0 Å². The third kappa shape index (κ3) is 2.49. The first-order valence-corrected chi connectivity index (χ1v) is 7.58. The lowest BCUT2D eigenvalue weighted by Gasteiger charge is -2.21. The summed E-state index contributed by atoms with van der Waals surface area (Å²) in [7, 11) is 0. The molecule has 1 N–H and O–H groups in total. The topological polar surface area (TPSA) is 41.6 Å². The number of nitrogens with zero attached hydrogens (tertiary/aromatic N) is 2. The number of aromatic nitrogens is 3. The molecule has 2 aromatic rings. The van der Waals surface area contributed by atoms with E-state index in [0.29, 0.717) is 5.92 Å². The SMILES string of the molecule is CC(C)(C)c1ccccc1-c1n[nH]c(C2CCCC2)n1. The minimum atomic E-state index is 0.102. The van der Waals surface area contributed by atoms with Gasteiger partial charge in [-0.1, -0.05) is 57.9 Å². The van der Waals surface area contributed by atoms with Gasteiger partial charge >= 0.3 is 0 Å². The Hall–Kier alpha value is -1.64. The van der Waals surface area contributed by atoms with Gasteiger partial charge in [0, 0.05) is 11.5 Å². The van der Waals surface area contributed by atoms with Crippen LogP contribution in [0.3, 0.4) is 0 Å². The maximum atomic E-state index is 4.77. The molecule has 0 aliphatic heterocycles. The zero-order chi connectivity index (χ0) is 14.2. The predicted octanol–water partition coefficient (Wildman–Crippen LogP) is 4.43. The molecule has 3 nitrogen and oxygen atoms in total. The Morgan fingerprint density at radius 1 is 1.10 bits per heavy atom. The quantitative estimate of drug-likeness (QED) is 0.876. The Kier molecular flexibility index (Phi) is 3.36. The summed E-state index contributed by atoms with van der Waals surface area (Å²) in [6.07, 6.45) is 5.13. The Morgan fingerprint density at radius 3 is 2.50 bits per heavy atom. The third-order valence-electron chi connectivity index (χ3n) is 4.22. The van der Waals surface area contributed by atoms with E-state index >= 15 is 0 Å². The summed E-state index contributed by atoms with van der Waals surface area (Å²) in [5.41, 5.74) is 2.56. The number of rotatable bonds is 2. The molecule has 3 rings (SSSR count). The molecule has 0 bridgehead atoms. The molecule has 0 saturated heterocycles. The molecule has 1 fully saturated rings. The van der Waals surface area contributed by atoms with E-state index in [1.807, 2.05) is 0 Å². The molecule has 0 radical (unpaired) electrons. The van der Waals surface area contributed by atoms with Crippen LogP contribution < -0.4 is 0 Å². The summed E-state index contributed by atoms with van der Waals surface area (Å²) >= 11 is 0. The van der Waals surface area contributed by atoms with Crippen molar-refractivity contribution in [3.8, 4) is 11.4 Å². The van der Waals surface area contributed by atoms with Crippen LogP contribution in [0.4, 0.5) is 0 Å². The van der Waals surface area contributed by atoms with E-state index < -0.39 is 0 Å². The van der Waals surface area contributed by atoms with Crippen molar-refractivity contribution in [2.75, 3.05) is 0 Å². The van der Waals surface area contributed by atoms with Crippen LogP contribution in [0.1, 0.15) is 63.8 Å². The van der Waals surface area contributed by atoms with E-state index in [4.69, 9.17) is 4.98 Å². The van der Waals surface area contributed by atoms with Gasteiger partial charge in [-0.25, -0.2) is 4.98 Å². The molecule has 1 saturated carbocycles. The first-order chi connectivity index (χ1) is 9.55. The molecule has 1 aliphatic carbocycles. The molecule has 20 heavy (non-hydrogen) atoms. The number of hydrogen-bond acceptors (Lipinski definition) is 2. The molecule has 1 heterocycles. The minimum absolute atomic E-state index is 0.102. The second-order valence-corrected chi connectivity index (χ2v) is 6.82. The van der Waals surface area contributed by atoms with E-state index in [0.717, 1.165) is 17.2 Å².